The molecule has 0 aromatic heterocycles. The number of phenols is 1. The molecular weight excluding hydrogens is 210 g/mol. The molecule has 0 atom stereocenters. The number of aryl methyl sites for hydroxylation is 2. The zero-order chi connectivity index (χ0) is 11.4. The summed E-state index contributed by atoms with van der Waals surface area (Å²) in [5.74, 6) is 0.254. The second-order valence-electron chi connectivity index (χ2n) is 3.23. The Morgan fingerprint density at radius 2 is 2.00 bits per heavy atom. The standard InChI is InChI=1S/C10H13N3OS/c1-6-3-8(14)4-7(2)9(6)5-12-13-10(11)15/h3-5,14H,1-2H3,(H3,11,13,15). The monoisotopic (exact) mass is 223 g/mol. The minimum atomic E-state index is 0.125. The van der Waals surface area contributed by atoms with E-state index in [1.807, 2.05) is 13.8 Å². The molecule has 0 aliphatic heterocycles. The largest absolute Gasteiger partial charge is 0.508 e. The summed E-state index contributed by atoms with van der Waals surface area (Å²) in [5, 5.41) is 13.3. The van der Waals surface area contributed by atoms with Crippen LogP contribution in [0.4, 0.5) is 0 Å². The van der Waals surface area contributed by atoms with Crippen molar-refractivity contribution in [2.45, 2.75) is 13.8 Å². The van der Waals surface area contributed by atoms with Crippen molar-refractivity contribution in [2.24, 2.45) is 10.8 Å². The van der Waals surface area contributed by atoms with Crippen LogP contribution >= 0.6 is 12.2 Å². The fourth-order valence-corrected chi connectivity index (χ4v) is 1.37. The predicted octanol–water partition coefficient (Wildman–Crippen LogP) is 1.18. The molecule has 0 radical (unpaired) electrons. The lowest BCUT2D eigenvalue weighted by atomic mass is 10.0. The molecule has 0 amide bonds. The van der Waals surface area contributed by atoms with Crippen molar-refractivity contribution in [3.63, 3.8) is 0 Å². The minimum Gasteiger partial charge on any atom is -0.508 e. The van der Waals surface area contributed by atoms with Crippen molar-refractivity contribution in [3.8, 4) is 5.75 Å². The third-order valence-electron chi connectivity index (χ3n) is 1.95. The summed E-state index contributed by atoms with van der Waals surface area (Å²) in [6.07, 6.45) is 1.63. The topological polar surface area (TPSA) is 70.6 Å². The highest BCUT2D eigenvalue weighted by Crippen LogP contribution is 2.18. The summed E-state index contributed by atoms with van der Waals surface area (Å²) >= 11 is 4.61. The number of nitrogens with zero attached hydrogens (tertiary/aromatic N) is 1. The summed E-state index contributed by atoms with van der Waals surface area (Å²) in [6.45, 7) is 3.80. The van der Waals surface area contributed by atoms with Crippen LogP contribution in [0.3, 0.4) is 0 Å². The number of nitrogens with two attached hydrogens (primary N) is 1. The first kappa shape index (κ1) is 11.5. The molecule has 0 fully saturated rings. The van der Waals surface area contributed by atoms with E-state index in [0.717, 1.165) is 16.7 Å². The van der Waals surface area contributed by atoms with Crippen molar-refractivity contribution < 1.29 is 5.11 Å². The van der Waals surface area contributed by atoms with E-state index in [2.05, 4.69) is 22.7 Å². The van der Waals surface area contributed by atoms with Gasteiger partial charge >= 0.3 is 0 Å². The lowest BCUT2D eigenvalue weighted by molar-refractivity contribution is 0.474. The molecule has 1 aromatic rings. The van der Waals surface area contributed by atoms with Gasteiger partial charge in [0.25, 0.3) is 0 Å². The van der Waals surface area contributed by atoms with Crippen LogP contribution in [-0.2, 0) is 0 Å². The molecule has 4 N–H and O–H groups in total. The van der Waals surface area contributed by atoms with Gasteiger partial charge in [0.05, 0.1) is 6.21 Å². The number of benzene rings is 1. The first-order valence-corrected chi connectivity index (χ1v) is 4.80. The summed E-state index contributed by atoms with van der Waals surface area (Å²) in [5.41, 5.74) is 10.5. The first-order chi connectivity index (χ1) is 7.00. The van der Waals surface area contributed by atoms with Gasteiger partial charge in [0.2, 0.25) is 0 Å². The Morgan fingerprint density at radius 3 is 2.47 bits per heavy atom. The Bertz CT molecular complexity index is 392. The fraction of sp³-hybridized carbons (Fsp3) is 0.200. The van der Waals surface area contributed by atoms with Crippen LogP contribution in [-0.4, -0.2) is 16.4 Å². The Kier molecular flexibility index (Phi) is 3.62. The number of hydrogen-bond acceptors (Lipinski definition) is 3. The lowest BCUT2D eigenvalue weighted by Crippen LogP contribution is -2.24. The van der Waals surface area contributed by atoms with Gasteiger partial charge in [-0.05, 0) is 49.3 Å². The van der Waals surface area contributed by atoms with E-state index < -0.39 is 0 Å². The highest BCUT2D eigenvalue weighted by Gasteiger charge is 2.01. The quantitative estimate of drug-likeness (QED) is 0.400. The number of nitrogens with one attached hydrogen (secondary N) is 1. The highest BCUT2D eigenvalue weighted by atomic mass is 32.1. The van der Waals surface area contributed by atoms with E-state index >= 15 is 0 Å². The zero-order valence-corrected chi connectivity index (χ0v) is 9.43. The Balaban J connectivity index is 2.94. The number of thiocarbonyl (C=S) groups is 1. The fourth-order valence-electron chi connectivity index (χ4n) is 1.32. The van der Waals surface area contributed by atoms with Crippen LogP contribution in [0.15, 0.2) is 17.2 Å². The molecule has 0 aliphatic carbocycles. The van der Waals surface area contributed by atoms with Gasteiger partial charge in [-0.15, -0.1) is 0 Å². The number of rotatable bonds is 2. The SMILES string of the molecule is Cc1cc(O)cc(C)c1C=NNC(N)=S. The lowest BCUT2D eigenvalue weighted by Gasteiger charge is -2.05. The molecule has 15 heavy (non-hydrogen) atoms. The third-order valence-corrected chi connectivity index (χ3v) is 2.04. The Labute approximate surface area is 93.8 Å². The number of aromatic hydroxyl groups is 1. The van der Waals surface area contributed by atoms with Crippen molar-refractivity contribution in [2.75, 3.05) is 0 Å². The van der Waals surface area contributed by atoms with E-state index in [1.165, 1.54) is 0 Å². The second kappa shape index (κ2) is 4.75. The van der Waals surface area contributed by atoms with E-state index in [0.29, 0.717) is 0 Å². The van der Waals surface area contributed by atoms with Gasteiger partial charge in [0, 0.05) is 5.56 Å². The van der Waals surface area contributed by atoms with Crippen LogP contribution in [0.25, 0.3) is 0 Å². The summed E-state index contributed by atoms with van der Waals surface area (Å²) in [6, 6.07) is 3.35. The van der Waals surface area contributed by atoms with Crippen LogP contribution in [0, 0.1) is 13.8 Å². The van der Waals surface area contributed by atoms with Crippen molar-refractivity contribution in [1.29, 1.82) is 0 Å². The maximum Gasteiger partial charge on any atom is 0.184 e. The van der Waals surface area contributed by atoms with Crippen molar-refractivity contribution in [3.05, 3.63) is 28.8 Å². The molecule has 0 heterocycles. The molecule has 0 spiro atoms. The smallest absolute Gasteiger partial charge is 0.184 e. The average molecular weight is 223 g/mol. The number of phenolic OH excluding ortho intramolecular Hbond substituents is 1. The van der Waals surface area contributed by atoms with Gasteiger partial charge < -0.3 is 10.8 Å². The van der Waals surface area contributed by atoms with Gasteiger partial charge in [-0.3, -0.25) is 5.43 Å². The number of hydrogen-bond donors (Lipinski definition) is 3. The maximum absolute atomic E-state index is 9.33. The molecule has 5 heteroatoms. The number of hydrazone groups is 1. The second-order valence-corrected chi connectivity index (χ2v) is 3.67. The van der Waals surface area contributed by atoms with Crippen LogP contribution in [0.2, 0.25) is 0 Å². The molecule has 80 valence electrons. The molecule has 0 aliphatic rings. The highest BCUT2D eigenvalue weighted by molar-refractivity contribution is 7.80. The van der Waals surface area contributed by atoms with E-state index in [4.69, 9.17) is 5.73 Å². The Morgan fingerprint density at radius 1 is 1.47 bits per heavy atom. The van der Waals surface area contributed by atoms with Gasteiger partial charge in [-0.2, -0.15) is 5.10 Å². The van der Waals surface area contributed by atoms with Gasteiger partial charge in [-0.1, -0.05) is 0 Å². The van der Waals surface area contributed by atoms with Crippen LogP contribution in [0.1, 0.15) is 16.7 Å². The molecule has 0 saturated heterocycles. The predicted molar refractivity (Wildman–Crippen MR) is 65.1 cm³/mol. The zero-order valence-electron chi connectivity index (χ0n) is 8.61. The van der Waals surface area contributed by atoms with Gasteiger partial charge in [-0.25, -0.2) is 0 Å². The van der Waals surface area contributed by atoms with E-state index in [9.17, 15) is 5.11 Å². The summed E-state index contributed by atoms with van der Waals surface area (Å²) in [4.78, 5) is 0. The first-order valence-electron chi connectivity index (χ1n) is 4.39. The van der Waals surface area contributed by atoms with Crippen molar-refractivity contribution in [1.82, 2.24) is 5.43 Å². The molecule has 1 aromatic carbocycles. The Hall–Kier alpha value is -1.62. The van der Waals surface area contributed by atoms with Gasteiger partial charge in [0.1, 0.15) is 5.75 Å². The molecule has 1 rings (SSSR count). The van der Waals surface area contributed by atoms with Gasteiger partial charge in [0.15, 0.2) is 5.11 Å². The average Bonchev–Trinajstić information content (AvgIpc) is 2.08. The summed E-state index contributed by atoms with van der Waals surface area (Å²) < 4.78 is 0. The normalized spacial score (nSPS) is 10.5. The van der Waals surface area contributed by atoms with Crippen molar-refractivity contribution >= 4 is 23.5 Å². The van der Waals surface area contributed by atoms with Crippen LogP contribution in [0.5, 0.6) is 5.75 Å². The molecule has 0 saturated carbocycles. The molecule has 0 unspecified atom stereocenters. The molecule has 0 bridgehead atoms. The molecular formula is C10H13N3OS. The molecule has 4 nitrogen and oxygen atoms in total. The minimum absolute atomic E-state index is 0.125. The van der Waals surface area contributed by atoms with E-state index in [-0.39, 0.29) is 10.9 Å². The summed E-state index contributed by atoms with van der Waals surface area (Å²) in [7, 11) is 0. The maximum atomic E-state index is 9.33. The van der Waals surface area contributed by atoms with E-state index in [1.54, 1.807) is 18.3 Å². The van der Waals surface area contributed by atoms with Crippen LogP contribution < -0.4 is 11.2 Å². The third kappa shape index (κ3) is 3.21.